The van der Waals surface area contributed by atoms with Crippen LogP contribution < -0.4 is 11.1 Å². The molecular weight excluding hydrogens is 188 g/mol. The number of ether oxygens (including phenoxy) is 2. The molecule has 0 radical (unpaired) electrons. The van der Waals surface area contributed by atoms with Gasteiger partial charge in [-0.2, -0.15) is 0 Å². The van der Waals surface area contributed by atoms with Crippen LogP contribution in [0.5, 0.6) is 0 Å². The van der Waals surface area contributed by atoms with Crippen molar-refractivity contribution in [1.29, 1.82) is 0 Å². The second-order valence-corrected chi connectivity index (χ2v) is 4.09. The van der Waals surface area contributed by atoms with E-state index >= 15 is 0 Å². The molecule has 2 heterocycles. The van der Waals surface area contributed by atoms with Crippen molar-refractivity contribution in [1.82, 2.24) is 5.32 Å². The first-order valence-electron chi connectivity index (χ1n) is 4.48. The van der Waals surface area contributed by atoms with Gasteiger partial charge in [0.05, 0.1) is 0 Å². The summed E-state index contributed by atoms with van der Waals surface area (Å²) in [6.45, 7) is 3.28. The fraction of sp³-hybridized carbons (Fsp3) is 0.875. The Morgan fingerprint density at radius 3 is 2.79 bits per heavy atom. The highest BCUT2D eigenvalue weighted by Gasteiger charge is 2.60. The van der Waals surface area contributed by atoms with Gasteiger partial charge >= 0.3 is 0 Å². The molecule has 6 nitrogen and oxygen atoms in total. The summed E-state index contributed by atoms with van der Waals surface area (Å²) in [5.41, 5.74) is 3.87. The van der Waals surface area contributed by atoms with E-state index in [-0.39, 0.29) is 12.5 Å². The molecule has 80 valence electrons. The van der Waals surface area contributed by atoms with Gasteiger partial charge in [0.25, 0.3) is 5.91 Å². The smallest absolute Gasteiger partial charge is 0.254 e. The normalized spacial score (nSPS) is 45.0. The summed E-state index contributed by atoms with van der Waals surface area (Å²) in [5, 5.41) is 12.3. The number of hydrogen-bond donors (Lipinski definition) is 3. The van der Waals surface area contributed by atoms with E-state index in [1.54, 1.807) is 13.8 Å². The third-order valence-corrected chi connectivity index (χ3v) is 2.48. The van der Waals surface area contributed by atoms with E-state index in [0.717, 1.165) is 0 Å². The molecule has 0 aliphatic carbocycles. The molecule has 14 heavy (non-hydrogen) atoms. The van der Waals surface area contributed by atoms with E-state index in [2.05, 4.69) is 5.32 Å². The van der Waals surface area contributed by atoms with Gasteiger partial charge in [0, 0.05) is 6.54 Å². The molecule has 2 aliphatic heterocycles. The second-order valence-electron chi connectivity index (χ2n) is 4.09. The summed E-state index contributed by atoms with van der Waals surface area (Å²) >= 11 is 0. The summed E-state index contributed by atoms with van der Waals surface area (Å²) in [6, 6.07) is 0. The summed E-state index contributed by atoms with van der Waals surface area (Å²) < 4.78 is 10.7. The van der Waals surface area contributed by atoms with Gasteiger partial charge in [-0.25, -0.2) is 0 Å². The molecule has 0 spiro atoms. The second kappa shape index (κ2) is 2.66. The van der Waals surface area contributed by atoms with Gasteiger partial charge in [0.15, 0.2) is 17.6 Å². The number of carbonyl (C=O) groups excluding carboxylic acids is 1. The Morgan fingerprint density at radius 2 is 2.21 bits per heavy atom. The van der Waals surface area contributed by atoms with Gasteiger partial charge in [-0.15, -0.1) is 0 Å². The molecule has 0 aromatic rings. The molecular formula is C8H14N2O4. The highest BCUT2D eigenvalue weighted by molar-refractivity contribution is 5.85. The van der Waals surface area contributed by atoms with E-state index in [9.17, 15) is 9.90 Å². The molecule has 4 N–H and O–H groups in total. The fourth-order valence-electron chi connectivity index (χ4n) is 1.82. The van der Waals surface area contributed by atoms with Crippen molar-refractivity contribution in [2.45, 2.75) is 37.6 Å². The molecule has 3 atom stereocenters. The van der Waals surface area contributed by atoms with Crippen molar-refractivity contribution < 1.29 is 19.4 Å². The van der Waals surface area contributed by atoms with Gasteiger partial charge in [0.2, 0.25) is 0 Å². The zero-order valence-electron chi connectivity index (χ0n) is 8.11. The first-order chi connectivity index (χ1) is 6.38. The zero-order chi connectivity index (χ0) is 10.6. The standard InChI is InChI=1S/C8H14N2O4/c1-7(2)13-4-5(14-7)8(12,3-9)10-6(4)11/h4-5,12H,3,9H2,1-2H3,(H,10,11)/t4-,5+,8-/m1/s1. The average molecular weight is 202 g/mol. The molecule has 0 aromatic heterocycles. The SMILES string of the molecule is CC1(C)O[C@H]2C(=O)N[C@@](O)(CN)[C@H]2O1. The van der Waals surface area contributed by atoms with E-state index in [4.69, 9.17) is 15.2 Å². The topological polar surface area (TPSA) is 93.8 Å². The first-order valence-corrected chi connectivity index (χ1v) is 4.48. The predicted molar refractivity (Wildman–Crippen MR) is 46.0 cm³/mol. The summed E-state index contributed by atoms with van der Waals surface area (Å²) in [7, 11) is 0. The van der Waals surface area contributed by atoms with Crippen LogP contribution in [0.4, 0.5) is 0 Å². The Morgan fingerprint density at radius 1 is 1.57 bits per heavy atom. The molecule has 0 unspecified atom stereocenters. The van der Waals surface area contributed by atoms with Crippen molar-refractivity contribution in [2.75, 3.05) is 6.54 Å². The Balaban J connectivity index is 2.27. The lowest BCUT2D eigenvalue weighted by molar-refractivity contribution is -0.184. The highest BCUT2D eigenvalue weighted by Crippen LogP contribution is 2.36. The van der Waals surface area contributed by atoms with Crippen LogP contribution in [-0.4, -0.2) is 41.3 Å². The van der Waals surface area contributed by atoms with Gasteiger partial charge in [-0.1, -0.05) is 0 Å². The minimum absolute atomic E-state index is 0.0979. The van der Waals surface area contributed by atoms with Crippen LogP contribution in [-0.2, 0) is 14.3 Å². The third-order valence-electron chi connectivity index (χ3n) is 2.48. The average Bonchev–Trinajstić information content (AvgIpc) is 2.50. The summed E-state index contributed by atoms with van der Waals surface area (Å²) in [4.78, 5) is 11.4. The van der Waals surface area contributed by atoms with Crippen molar-refractivity contribution >= 4 is 5.91 Å². The van der Waals surface area contributed by atoms with Crippen LogP contribution in [0.2, 0.25) is 0 Å². The minimum Gasteiger partial charge on any atom is -0.367 e. The van der Waals surface area contributed by atoms with Gasteiger partial charge in [-0.3, -0.25) is 4.79 Å². The largest absolute Gasteiger partial charge is 0.367 e. The zero-order valence-corrected chi connectivity index (χ0v) is 8.11. The molecule has 0 bridgehead atoms. The molecule has 0 aromatic carbocycles. The molecule has 6 heteroatoms. The molecule has 2 aliphatic rings. The Labute approximate surface area is 81.4 Å². The van der Waals surface area contributed by atoms with Crippen molar-refractivity contribution in [3.05, 3.63) is 0 Å². The van der Waals surface area contributed by atoms with E-state index < -0.39 is 23.7 Å². The monoisotopic (exact) mass is 202 g/mol. The highest BCUT2D eigenvalue weighted by atomic mass is 16.8. The van der Waals surface area contributed by atoms with Crippen molar-refractivity contribution in [3.63, 3.8) is 0 Å². The van der Waals surface area contributed by atoms with Crippen LogP contribution in [0.3, 0.4) is 0 Å². The van der Waals surface area contributed by atoms with Crippen LogP contribution in [0.15, 0.2) is 0 Å². The quantitative estimate of drug-likeness (QED) is 0.470. The number of hydrogen-bond acceptors (Lipinski definition) is 5. The van der Waals surface area contributed by atoms with Crippen molar-refractivity contribution in [2.24, 2.45) is 5.73 Å². The van der Waals surface area contributed by atoms with E-state index in [1.165, 1.54) is 0 Å². The number of rotatable bonds is 1. The number of amides is 1. The fourth-order valence-corrected chi connectivity index (χ4v) is 1.82. The van der Waals surface area contributed by atoms with E-state index in [1.807, 2.05) is 0 Å². The summed E-state index contributed by atoms with van der Waals surface area (Å²) in [6.07, 6.45) is -1.49. The van der Waals surface area contributed by atoms with Crippen LogP contribution in [0.25, 0.3) is 0 Å². The number of carbonyl (C=O) groups is 1. The number of nitrogens with one attached hydrogen (secondary N) is 1. The summed E-state index contributed by atoms with van der Waals surface area (Å²) in [5.74, 6) is -1.23. The Hall–Kier alpha value is -0.690. The first kappa shape index (κ1) is 9.85. The third kappa shape index (κ3) is 1.23. The van der Waals surface area contributed by atoms with Crippen molar-refractivity contribution in [3.8, 4) is 0 Å². The van der Waals surface area contributed by atoms with Gasteiger partial charge in [0.1, 0.15) is 6.10 Å². The lowest BCUT2D eigenvalue weighted by Crippen LogP contribution is -2.55. The maximum atomic E-state index is 11.4. The molecule has 2 rings (SSSR count). The van der Waals surface area contributed by atoms with Gasteiger partial charge in [-0.05, 0) is 13.8 Å². The number of aliphatic hydroxyl groups is 1. The maximum absolute atomic E-state index is 11.4. The predicted octanol–water partition coefficient (Wildman–Crippen LogP) is -1.72. The maximum Gasteiger partial charge on any atom is 0.254 e. The number of nitrogens with two attached hydrogens (primary N) is 1. The van der Waals surface area contributed by atoms with Crippen LogP contribution in [0.1, 0.15) is 13.8 Å². The molecule has 2 saturated heterocycles. The molecule has 2 fully saturated rings. The van der Waals surface area contributed by atoms with E-state index in [0.29, 0.717) is 0 Å². The lowest BCUT2D eigenvalue weighted by atomic mass is 10.1. The van der Waals surface area contributed by atoms with Crippen LogP contribution >= 0.6 is 0 Å². The van der Waals surface area contributed by atoms with Gasteiger partial charge < -0.3 is 25.6 Å². The minimum atomic E-state index is -1.50. The van der Waals surface area contributed by atoms with Crippen LogP contribution in [0, 0.1) is 0 Å². The Bertz CT molecular complexity index is 281. The lowest BCUT2D eigenvalue weighted by Gasteiger charge is -2.28. The number of fused-ring (bicyclic) bond motifs is 1. The molecule has 1 amide bonds. The molecule has 0 saturated carbocycles. The Kier molecular flexibility index (Phi) is 1.87.